The molecule has 0 aliphatic carbocycles. The van der Waals surface area contributed by atoms with Crippen LogP contribution in [-0.2, 0) is 14.2 Å². The Morgan fingerprint density at radius 2 is 1.95 bits per heavy atom. The second kappa shape index (κ2) is 4.56. The summed E-state index contributed by atoms with van der Waals surface area (Å²) in [4.78, 5) is 4.04. The van der Waals surface area contributed by atoms with Gasteiger partial charge in [-0.25, -0.2) is 4.98 Å². The number of hydrogen-bond acceptors (Lipinski definition) is 7. The highest BCUT2D eigenvalue weighted by molar-refractivity contribution is 5.48. The van der Waals surface area contributed by atoms with E-state index < -0.39 is 18.0 Å². The van der Waals surface area contributed by atoms with Gasteiger partial charge in [-0.2, -0.15) is 0 Å². The number of nitrogens with two attached hydrogens (primary N) is 2. The molecule has 2 fully saturated rings. The molecule has 2 aliphatic heterocycles. The Kier molecular flexibility index (Phi) is 3.09. The molecule has 2 saturated heterocycles. The van der Waals surface area contributed by atoms with E-state index in [1.165, 1.54) is 0 Å². The molecule has 4 atom stereocenters. The highest BCUT2D eigenvalue weighted by atomic mass is 16.8. The van der Waals surface area contributed by atoms with Gasteiger partial charge in [0.15, 0.2) is 5.79 Å². The van der Waals surface area contributed by atoms with Gasteiger partial charge in [-0.1, -0.05) is 0 Å². The van der Waals surface area contributed by atoms with Gasteiger partial charge in [0.2, 0.25) is 0 Å². The van der Waals surface area contributed by atoms with Crippen molar-refractivity contribution >= 4 is 11.6 Å². The van der Waals surface area contributed by atoms with Crippen molar-refractivity contribution in [1.29, 1.82) is 0 Å². The first-order valence-electron chi connectivity index (χ1n) is 6.55. The minimum Gasteiger partial charge on any atom is -0.394 e. The van der Waals surface area contributed by atoms with Crippen molar-refractivity contribution in [1.82, 2.24) is 4.98 Å². The molecule has 0 unspecified atom stereocenters. The quantitative estimate of drug-likeness (QED) is 0.709. The Hall–Kier alpha value is -1.41. The highest BCUT2D eigenvalue weighted by Crippen LogP contribution is 2.45. The van der Waals surface area contributed by atoms with Gasteiger partial charge in [-0.15, -0.1) is 0 Å². The number of pyridine rings is 1. The van der Waals surface area contributed by atoms with Crippen molar-refractivity contribution in [2.45, 2.75) is 44.1 Å². The summed E-state index contributed by atoms with van der Waals surface area (Å²) in [5, 5.41) is 9.43. The van der Waals surface area contributed by atoms with E-state index in [9.17, 15) is 5.11 Å². The second-order valence-corrected chi connectivity index (χ2v) is 5.55. The number of nitrogen functional groups attached to an aromatic ring is 2. The molecular weight excluding hydrogens is 262 g/mol. The molecule has 5 N–H and O–H groups in total. The predicted octanol–water partition coefficient (Wildman–Crippen LogP) is 0.198. The molecule has 7 heteroatoms. The van der Waals surface area contributed by atoms with Crippen molar-refractivity contribution in [3.8, 4) is 0 Å². The lowest BCUT2D eigenvalue weighted by Gasteiger charge is -2.24. The van der Waals surface area contributed by atoms with Crippen LogP contribution in [0.15, 0.2) is 12.1 Å². The number of aliphatic hydroxyl groups is 1. The smallest absolute Gasteiger partial charge is 0.164 e. The van der Waals surface area contributed by atoms with E-state index in [2.05, 4.69) is 4.98 Å². The van der Waals surface area contributed by atoms with Gasteiger partial charge in [0.1, 0.15) is 36.1 Å². The van der Waals surface area contributed by atoms with E-state index in [1.807, 2.05) is 13.8 Å². The van der Waals surface area contributed by atoms with Crippen molar-refractivity contribution in [2.75, 3.05) is 18.1 Å². The molecule has 0 aromatic carbocycles. The molecule has 3 rings (SSSR count). The van der Waals surface area contributed by atoms with Crippen LogP contribution >= 0.6 is 0 Å². The molecule has 2 aliphatic rings. The van der Waals surface area contributed by atoms with Gasteiger partial charge >= 0.3 is 0 Å². The number of rotatable bonds is 2. The number of aromatic nitrogens is 1. The van der Waals surface area contributed by atoms with Gasteiger partial charge in [0.25, 0.3) is 0 Å². The fraction of sp³-hybridized carbons (Fsp3) is 0.615. The zero-order chi connectivity index (χ0) is 14.5. The van der Waals surface area contributed by atoms with Gasteiger partial charge in [-0.3, -0.25) is 0 Å². The topological polar surface area (TPSA) is 113 Å². The van der Waals surface area contributed by atoms with Crippen LogP contribution in [0.25, 0.3) is 0 Å². The number of aliphatic hydroxyl groups excluding tert-OH is 1. The number of nitrogens with zero attached hydrogens (tertiary/aromatic N) is 1. The van der Waals surface area contributed by atoms with Crippen LogP contribution in [0.3, 0.4) is 0 Å². The van der Waals surface area contributed by atoms with Gasteiger partial charge in [-0.05, 0) is 26.0 Å². The van der Waals surface area contributed by atoms with Crippen LogP contribution in [0, 0.1) is 0 Å². The molecule has 1 aromatic heterocycles. The van der Waals surface area contributed by atoms with E-state index >= 15 is 0 Å². The van der Waals surface area contributed by atoms with Gasteiger partial charge < -0.3 is 30.8 Å². The first-order valence-corrected chi connectivity index (χ1v) is 6.55. The van der Waals surface area contributed by atoms with E-state index in [0.717, 1.165) is 0 Å². The van der Waals surface area contributed by atoms with Crippen LogP contribution in [0.4, 0.5) is 11.6 Å². The number of fused-ring (bicyclic) bond motifs is 1. The largest absolute Gasteiger partial charge is 0.394 e. The molecule has 0 amide bonds. The minimum atomic E-state index is -0.708. The predicted molar refractivity (Wildman–Crippen MR) is 71.6 cm³/mol. The molecule has 3 heterocycles. The first-order chi connectivity index (χ1) is 9.41. The molecule has 110 valence electrons. The summed E-state index contributed by atoms with van der Waals surface area (Å²) in [7, 11) is 0. The Morgan fingerprint density at radius 1 is 1.25 bits per heavy atom. The first kappa shape index (κ1) is 13.6. The molecule has 20 heavy (non-hydrogen) atoms. The molecule has 0 saturated carbocycles. The maximum absolute atomic E-state index is 9.43. The Labute approximate surface area is 116 Å². The average Bonchev–Trinajstić information content (AvgIpc) is 2.83. The van der Waals surface area contributed by atoms with Crippen LogP contribution < -0.4 is 11.5 Å². The Morgan fingerprint density at radius 3 is 2.60 bits per heavy atom. The molecule has 1 aromatic rings. The minimum absolute atomic E-state index is 0.139. The molecule has 7 nitrogen and oxygen atoms in total. The van der Waals surface area contributed by atoms with Gasteiger partial charge in [0.05, 0.1) is 6.61 Å². The lowest BCUT2D eigenvalue weighted by Crippen LogP contribution is -2.31. The summed E-state index contributed by atoms with van der Waals surface area (Å²) in [6.07, 6.45) is -1.51. The van der Waals surface area contributed by atoms with E-state index in [4.69, 9.17) is 25.7 Å². The van der Waals surface area contributed by atoms with Crippen molar-refractivity contribution in [3.05, 3.63) is 17.7 Å². The summed E-state index contributed by atoms with van der Waals surface area (Å²) in [6.45, 7) is 3.53. The second-order valence-electron chi connectivity index (χ2n) is 5.55. The Balaban J connectivity index is 1.94. The third-order valence-electron chi connectivity index (χ3n) is 3.62. The lowest BCUT2D eigenvalue weighted by atomic mass is 10.0. The average molecular weight is 281 g/mol. The number of ether oxygens (including phenoxy) is 3. The van der Waals surface area contributed by atoms with Crippen molar-refractivity contribution in [2.24, 2.45) is 0 Å². The summed E-state index contributed by atoms with van der Waals surface area (Å²) in [5.41, 5.74) is 12.2. The van der Waals surface area contributed by atoms with Crippen LogP contribution in [0.1, 0.15) is 25.5 Å². The highest BCUT2D eigenvalue weighted by Gasteiger charge is 2.55. The number of hydrogen-bond donors (Lipinski definition) is 3. The molecule has 0 radical (unpaired) electrons. The summed E-state index contributed by atoms with van der Waals surface area (Å²) in [6, 6.07) is 3.44. The van der Waals surface area contributed by atoms with E-state index in [0.29, 0.717) is 17.2 Å². The zero-order valence-corrected chi connectivity index (χ0v) is 11.4. The third-order valence-corrected chi connectivity index (χ3v) is 3.62. The fourth-order valence-electron chi connectivity index (χ4n) is 2.82. The molecular formula is C13H19N3O4. The fourth-order valence-corrected chi connectivity index (χ4v) is 2.82. The van der Waals surface area contributed by atoms with Crippen molar-refractivity contribution in [3.63, 3.8) is 0 Å². The maximum Gasteiger partial charge on any atom is 0.164 e. The van der Waals surface area contributed by atoms with Crippen molar-refractivity contribution < 1.29 is 19.3 Å². The summed E-state index contributed by atoms with van der Waals surface area (Å²) in [5.74, 6) is -0.0510. The van der Waals surface area contributed by atoms with E-state index in [1.54, 1.807) is 12.1 Å². The molecule has 0 bridgehead atoms. The Bertz CT molecular complexity index is 522. The van der Waals surface area contributed by atoms with Crippen LogP contribution in [0.2, 0.25) is 0 Å². The lowest BCUT2D eigenvalue weighted by molar-refractivity contribution is -0.191. The maximum atomic E-state index is 9.43. The van der Waals surface area contributed by atoms with E-state index in [-0.39, 0.29) is 18.8 Å². The van der Waals surface area contributed by atoms with Crippen LogP contribution in [0.5, 0.6) is 0 Å². The van der Waals surface area contributed by atoms with Crippen LogP contribution in [-0.4, -0.2) is 40.8 Å². The summed E-state index contributed by atoms with van der Waals surface area (Å²) >= 11 is 0. The zero-order valence-electron chi connectivity index (χ0n) is 11.4. The summed E-state index contributed by atoms with van der Waals surface area (Å²) < 4.78 is 17.5. The standard InChI is InChI=1S/C13H19N3O4/c1-13(2)19-10-7(5-17)18-9(11(10)20-13)6-3-4-8(14)16-12(6)15/h3-4,7,9-11,17H,5H2,1-2H3,(H4,14,15,16)/t7-,9+,10-,11+/m1/s1. The normalized spacial score (nSPS) is 35.1. The monoisotopic (exact) mass is 281 g/mol. The number of anilines is 2. The third kappa shape index (κ3) is 2.12. The van der Waals surface area contributed by atoms with Gasteiger partial charge in [0, 0.05) is 5.56 Å². The SMILES string of the molecule is CC1(C)O[C@@H]2[C@H](O1)[C@@H](CO)O[C@H]2c1ccc(N)nc1N. The molecule has 0 spiro atoms.